The molecule has 0 spiro atoms. The second kappa shape index (κ2) is 10.1. The Balaban J connectivity index is 1.92. The van der Waals surface area contributed by atoms with Gasteiger partial charge in [0.25, 0.3) is 11.7 Å². The Morgan fingerprint density at radius 2 is 1.74 bits per heavy atom. The Bertz CT molecular complexity index is 1290. The molecule has 3 aromatic rings. The van der Waals surface area contributed by atoms with E-state index in [4.69, 9.17) is 25.8 Å². The van der Waals surface area contributed by atoms with Gasteiger partial charge in [0.1, 0.15) is 23.0 Å². The number of amides is 1. The highest BCUT2D eigenvalue weighted by Gasteiger charge is 2.46. The molecule has 1 aliphatic heterocycles. The van der Waals surface area contributed by atoms with Gasteiger partial charge >= 0.3 is 0 Å². The Morgan fingerprint density at radius 1 is 1.03 bits per heavy atom. The van der Waals surface area contributed by atoms with Crippen LogP contribution in [0.3, 0.4) is 0 Å². The number of carbonyl (C=O) groups excluding carboxylic acids is 2. The first-order valence-corrected chi connectivity index (χ1v) is 11.0. The molecule has 1 aromatic heterocycles. The largest absolute Gasteiger partial charge is 0.507 e. The van der Waals surface area contributed by atoms with Gasteiger partial charge in [-0.25, -0.2) is 0 Å². The summed E-state index contributed by atoms with van der Waals surface area (Å²) in [7, 11) is 4.39. The molecule has 1 atom stereocenters. The van der Waals surface area contributed by atoms with Crippen molar-refractivity contribution in [2.75, 3.05) is 21.3 Å². The highest BCUT2D eigenvalue weighted by Crippen LogP contribution is 2.43. The van der Waals surface area contributed by atoms with Crippen LogP contribution in [0.15, 0.2) is 66.5 Å². The van der Waals surface area contributed by atoms with Crippen molar-refractivity contribution in [1.29, 1.82) is 0 Å². The summed E-state index contributed by atoms with van der Waals surface area (Å²) >= 11 is 6.21. The molecule has 2 aromatic carbocycles. The summed E-state index contributed by atoms with van der Waals surface area (Å²) in [6, 6.07) is 12.6. The molecule has 0 aliphatic carbocycles. The SMILES string of the molecule is COc1ccc(C2/C(=C(\O)c3cc(OC)c(Cl)cc3OC)C(=O)C(=O)N2Cc2cccnc2)cc1. The highest BCUT2D eigenvalue weighted by atomic mass is 35.5. The number of ketones is 1. The molecule has 2 heterocycles. The van der Waals surface area contributed by atoms with Gasteiger partial charge in [-0.05, 0) is 35.4 Å². The maximum absolute atomic E-state index is 13.3. The van der Waals surface area contributed by atoms with Gasteiger partial charge in [-0.3, -0.25) is 14.6 Å². The molecule has 1 aliphatic rings. The van der Waals surface area contributed by atoms with Crippen molar-refractivity contribution < 1.29 is 28.9 Å². The molecular weight excluding hydrogens is 472 g/mol. The summed E-state index contributed by atoms with van der Waals surface area (Å²) in [5.74, 6) is -0.842. The molecule has 1 unspecified atom stereocenters. The van der Waals surface area contributed by atoms with Crippen LogP contribution in [0, 0.1) is 0 Å². The lowest BCUT2D eigenvalue weighted by molar-refractivity contribution is -0.140. The third-order valence-electron chi connectivity index (χ3n) is 5.78. The number of carbonyl (C=O) groups is 2. The van der Waals surface area contributed by atoms with E-state index in [1.165, 1.54) is 31.3 Å². The number of rotatable bonds is 7. The van der Waals surface area contributed by atoms with Crippen LogP contribution in [0.4, 0.5) is 0 Å². The topological polar surface area (TPSA) is 98.2 Å². The molecule has 9 heteroatoms. The number of hydrogen-bond acceptors (Lipinski definition) is 7. The van der Waals surface area contributed by atoms with E-state index in [-0.39, 0.29) is 34.2 Å². The number of Topliss-reactive ketones (excluding diaryl/α,β-unsaturated/α-hetero) is 1. The fraction of sp³-hybridized carbons (Fsp3) is 0.192. The van der Waals surface area contributed by atoms with E-state index >= 15 is 0 Å². The number of likely N-dealkylation sites (tertiary alicyclic amines) is 1. The van der Waals surface area contributed by atoms with Crippen molar-refractivity contribution in [3.05, 3.63) is 88.2 Å². The Kier molecular flexibility index (Phi) is 6.93. The van der Waals surface area contributed by atoms with Crippen molar-refractivity contribution in [2.24, 2.45) is 0 Å². The minimum atomic E-state index is -0.868. The van der Waals surface area contributed by atoms with Crippen molar-refractivity contribution in [1.82, 2.24) is 9.88 Å². The van der Waals surface area contributed by atoms with Crippen molar-refractivity contribution in [3.8, 4) is 17.2 Å². The molecule has 4 rings (SSSR count). The van der Waals surface area contributed by atoms with E-state index in [0.29, 0.717) is 11.3 Å². The van der Waals surface area contributed by atoms with Crippen LogP contribution >= 0.6 is 11.6 Å². The van der Waals surface area contributed by atoms with E-state index in [1.807, 2.05) is 6.07 Å². The van der Waals surface area contributed by atoms with Crippen molar-refractivity contribution in [3.63, 3.8) is 0 Å². The minimum Gasteiger partial charge on any atom is -0.507 e. The normalized spacial score (nSPS) is 16.9. The van der Waals surface area contributed by atoms with Gasteiger partial charge in [-0.2, -0.15) is 0 Å². The summed E-state index contributed by atoms with van der Waals surface area (Å²) in [5.41, 5.74) is 1.45. The molecule has 0 saturated carbocycles. The van der Waals surface area contributed by atoms with E-state index in [1.54, 1.807) is 49.8 Å². The number of hydrogen-bond donors (Lipinski definition) is 1. The number of aromatic nitrogens is 1. The Morgan fingerprint density at radius 3 is 2.34 bits per heavy atom. The number of ether oxygens (including phenoxy) is 3. The maximum Gasteiger partial charge on any atom is 0.295 e. The number of aliphatic hydroxyl groups is 1. The fourth-order valence-corrected chi connectivity index (χ4v) is 4.29. The van der Waals surface area contributed by atoms with Gasteiger partial charge in [0.2, 0.25) is 0 Å². The summed E-state index contributed by atoms with van der Waals surface area (Å²) < 4.78 is 15.9. The van der Waals surface area contributed by atoms with E-state index in [9.17, 15) is 14.7 Å². The summed E-state index contributed by atoms with van der Waals surface area (Å²) in [6.07, 6.45) is 3.25. The lowest BCUT2D eigenvalue weighted by Gasteiger charge is -2.25. The second-order valence-electron chi connectivity index (χ2n) is 7.75. The van der Waals surface area contributed by atoms with Crippen LogP contribution in [0.2, 0.25) is 5.02 Å². The van der Waals surface area contributed by atoms with Gasteiger partial charge in [-0.1, -0.05) is 29.8 Å². The number of methoxy groups -OCH3 is 3. The zero-order valence-electron chi connectivity index (χ0n) is 19.3. The Labute approximate surface area is 207 Å². The van der Waals surface area contributed by atoms with Crippen molar-refractivity contribution >= 4 is 29.1 Å². The van der Waals surface area contributed by atoms with E-state index in [2.05, 4.69) is 4.98 Å². The number of aliphatic hydroxyl groups excluding tert-OH is 1. The molecule has 1 saturated heterocycles. The first-order valence-electron chi connectivity index (χ1n) is 10.6. The standard InChI is InChI=1S/C26H23ClN2O6/c1-33-17-8-6-16(7-9-17)23-22(24(30)18-11-21(35-3)19(27)12-20(18)34-2)25(31)26(32)29(23)14-15-5-4-10-28-13-15/h4-13,23,30H,14H2,1-3H3/b24-22+. The van der Waals surface area contributed by atoms with Crippen LogP contribution in [-0.4, -0.2) is 48.0 Å². The third-order valence-corrected chi connectivity index (χ3v) is 6.07. The predicted octanol–water partition coefficient (Wildman–Crippen LogP) is 4.38. The van der Waals surface area contributed by atoms with E-state index in [0.717, 1.165) is 5.56 Å². The second-order valence-corrected chi connectivity index (χ2v) is 8.16. The number of benzene rings is 2. The fourth-order valence-electron chi connectivity index (χ4n) is 4.05. The number of pyridine rings is 1. The molecule has 1 N–H and O–H groups in total. The zero-order valence-corrected chi connectivity index (χ0v) is 20.1. The summed E-state index contributed by atoms with van der Waals surface area (Å²) in [5, 5.41) is 11.7. The van der Waals surface area contributed by atoms with Gasteiger partial charge in [0, 0.05) is 25.0 Å². The van der Waals surface area contributed by atoms with Crippen molar-refractivity contribution in [2.45, 2.75) is 12.6 Å². The van der Waals surface area contributed by atoms with Crippen LogP contribution in [0.1, 0.15) is 22.7 Å². The van der Waals surface area contributed by atoms with Crippen LogP contribution in [0.5, 0.6) is 17.2 Å². The first kappa shape index (κ1) is 24.1. The van der Waals surface area contributed by atoms with Crippen LogP contribution in [0.25, 0.3) is 5.76 Å². The molecule has 1 amide bonds. The molecule has 0 radical (unpaired) electrons. The average Bonchev–Trinajstić information content (AvgIpc) is 3.13. The number of halogens is 1. The van der Waals surface area contributed by atoms with Gasteiger partial charge in [-0.15, -0.1) is 0 Å². The molecule has 1 fully saturated rings. The van der Waals surface area contributed by atoms with Crippen LogP contribution in [-0.2, 0) is 16.1 Å². The summed E-state index contributed by atoms with van der Waals surface area (Å²) in [4.78, 5) is 32.0. The zero-order chi connectivity index (χ0) is 25.1. The van der Waals surface area contributed by atoms with Crippen LogP contribution < -0.4 is 14.2 Å². The van der Waals surface area contributed by atoms with Gasteiger partial charge in [0.15, 0.2) is 0 Å². The summed E-state index contributed by atoms with van der Waals surface area (Å²) in [6.45, 7) is 0.118. The minimum absolute atomic E-state index is 0.0771. The molecule has 180 valence electrons. The Hall–Kier alpha value is -4.04. The highest BCUT2D eigenvalue weighted by molar-refractivity contribution is 6.46. The molecule has 35 heavy (non-hydrogen) atoms. The van der Waals surface area contributed by atoms with E-state index < -0.39 is 23.5 Å². The maximum atomic E-state index is 13.3. The smallest absolute Gasteiger partial charge is 0.295 e. The predicted molar refractivity (Wildman–Crippen MR) is 130 cm³/mol. The number of nitrogens with zero attached hydrogens (tertiary/aromatic N) is 2. The quantitative estimate of drug-likeness (QED) is 0.295. The first-order chi connectivity index (χ1) is 16.9. The monoisotopic (exact) mass is 494 g/mol. The molecular formula is C26H23ClN2O6. The average molecular weight is 495 g/mol. The third kappa shape index (κ3) is 4.52. The van der Waals surface area contributed by atoms with Gasteiger partial charge < -0.3 is 24.2 Å². The molecule has 0 bridgehead atoms. The molecule has 8 nitrogen and oxygen atoms in total. The lowest BCUT2D eigenvalue weighted by atomic mass is 9.94. The van der Waals surface area contributed by atoms with Gasteiger partial charge in [0.05, 0.1) is 43.5 Å². The lowest BCUT2D eigenvalue weighted by Crippen LogP contribution is -2.29.